The van der Waals surface area contributed by atoms with Crippen LogP contribution < -0.4 is 4.90 Å². The molecule has 1 fully saturated rings. The summed E-state index contributed by atoms with van der Waals surface area (Å²) in [4.78, 5) is 28.6. The van der Waals surface area contributed by atoms with Gasteiger partial charge in [0.25, 0.3) is 0 Å². The Hall–Kier alpha value is -2.54. The van der Waals surface area contributed by atoms with Crippen LogP contribution in [0.3, 0.4) is 0 Å². The first kappa shape index (κ1) is 16.3. The van der Waals surface area contributed by atoms with Gasteiger partial charge >= 0.3 is 5.97 Å². The molecule has 1 N–H and O–H groups in total. The molecule has 2 aromatic heterocycles. The number of aromatic nitrogens is 3. The first-order valence-electron chi connectivity index (χ1n) is 7.99. The summed E-state index contributed by atoms with van der Waals surface area (Å²) in [6, 6.07) is 5.25. The van der Waals surface area contributed by atoms with Crippen molar-refractivity contribution < 1.29 is 9.90 Å². The average Bonchev–Trinajstić information content (AvgIpc) is 3.00. The van der Waals surface area contributed by atoms with Crippen molar-refractivity contribution in [2.45, 2.75) is 18.9 Å². The smallest absolute Gasteiger partial charge is 0.335 e. The molecule has 1 saturated heterocycles. The molecule has 3 heterocycles. The summed E-state index contributed by atoms with van der Waals surface area (Å²) in [5.41, 5.74) is 1.35. The van der Waals surface area contributed by atoms with Gasteiger partial charge < -0.3 is 14.9 Å². The minimum Gasteiger partial charge on any atom is -0.478 e. The summed E-state index contributed by atoms with van der Waals surface area (Å²) in [5, 5.41) is 9.11. The van der Waals surface area contributed by atoms with E-state index in [2.05, 4.69) is 26.9 Å². The lowest BCUT2D eigenvalue weighted by Crippen LogP contribution is -2.37. The SMILES string of the molecule is CN(CC1CCCN1C)c1nccc(-c2cc(C(=O)O)ccn2)n1. The van der Waals surface area contributed by atoms with Gasteiger partial charge in [-0.05, 0) is 44.6 Å². The maximum atomic E-state index is 11.1. The van der Waals surface area contributed by atoms with Crippen LogP contribution in [-0.4, -0.2) is 64.2 Å². The van der Waals surface area contributed by atoms with Gasteiger partial charge in [0.2, 0.25) is 5.95 Å². The number of hydrogen-bond donors (Lipinski definition) is 1. The van der Waals surface area contributed by atoms with Crippen LogP contribution in [0.2, 0.25) is 0 Å². The Kier molecular flexibility index (Phi) is 4.71. The average molecular weight is 327 g/mol. The highest BCUT2D eigenvalue weighted by molar-refractivity contribution is 5.88. The Balaban J connectivity index is 1.81. The van der Waals surface area contributed by atoms with E-state index in [1.54, 1.807) is 12.3 Å². The van der Waals surface area contributed by atoms with Crippen LogP contribution >= 0.6 is 0 Å². The number of likely N-dealkylation sites (N-methyl/N-ethyl adjacent to an activating group) is 2. The van der Waals surface area contributed by atoms with Gasteiger partial charge in [-0.3, -0.25) is 4.98 Å². The Morgan fingerprint density at radius 3 is 2.83 bits per heavy atom. The van der Waals surface area contributed by atoms with Gasteiger partial charge in [0.05, 0.1) is 17.0 Å². The number of nitrogens with zero attached hydrogens (tertiary/aromatic N) is 5. The van der Waals surface area contributed by atoms with Crippen molar-refractivity contribution in [3.8, 4) is 11.4 Å². The van der Waals surface area contributed by atoms with E-state index >= 15 is 0 Å². The Morgan fingerprint density at radius 2 is 2.12 bits per heavy atom. The van der Waals surface area contributed by atoms with E-state index in [4.69, 9.17) is 5.11 Å². The topological polar surface area (TPSA) is 82.5 Å². The molecule has 7 nitrogen and oxygen atoms in total. The third-order valence-electron chi connectivity index (χ3n) is 4.41. The largest absolute Gasteiger partial charge is 0.478 e. The van der Waals surface area contributed by atoms with Crippen molar-refractivity contribution in [1.82, 2.24) is 19.9 Å². The second kappa shape index (κ2) is 6.92. The third kappa shape index (κ3) is 3.51. The molecule has 0 spiro atoms. The molecule has 0 aliphatic carbocycles. The molecule has 3 rings (SSSR count). The lowest BCUT2D eigenvalue weighted by molar-refractivity contribution is 0.0697. The number of rotatable bonds is 5. The van der Waals surface area contributed by atoms with Gasteiger partial charge in [0.15, 0.2) is 0 Å². The minimum atomic E-state index is -0.977. The molecule has 0 amide bonds. The molecular weight excluding hydrogens is 306 g/mol. The molecule has 1 aliphatic heterocycles. The first-order chi connectivity index (χ1) is 11.5. The molecule has 7 heteroatoms. The normalized spacial score (nSPS) is 17.8. The summed E-state index contributed by atoms with van der Waals surface area (Å²) in [6.07, 6.45) is 5.57. The van der Waals surface area contributed by atoms with Gasteiger partial charge in [-0.2, -0.15) is 0 Å². The number of pyridine rings is 1. The van der Waals surface area contributed by atoms with E-state index in [1.807, 2.05) is 11.9 Å². The van der Waals surface area contributed by atoms with Gasteiger partial charge in [0.1, 0.15) is 0 Å². The van der Waals surface area contributed by atoms with Gasteiger partial charge in [-0.25, -0.2) is 14.8 Å². The molecule has 0 saturated carbocycles. The molecule has 0 radical (unpaired) electrons. The summed E-state index contributed by atoms with van der Waals surface area (Å²) in [5.74, 6) is -0.357. The van der Waals surface area contributed by atoms with E-state index in [0.29, 0.717) is 23.4 Å². The van der Waals surface area contributed by atoms with Crippen molar-refractivity contribution in [2.75, 3.05) is 32.1 Å². The maximum Gasteiger partial charge on any atom is 0.335 e. The zero-order chi connectivity index (χ0) is 17.1. The lowest BCUT2D eigenvalue weighted by atomic mass is 10.2. The van der Waals surface area contributed by atoms with Crippen LogP contribution in [-0.2, 0) is 0 Å². The molecule has 0 bridgehead atoms. The Bertz CT molecular complexity index is 736. The minimum absolute atomic E-state index is 0.195. The number of aromatic carboxylic acids is 1. The van der Waals surface area contributed by atoms with Crippen molar-refractivity contribution >= 4 is 11.9 Å². The van der Waals surface area contributed by atoms with Crippen molar-refractivity contribution in [2.24, 2.45) is 0 Å². The quantitative estimate of drug-likeness (QED) is 0.896. The molecule has 1 atom stereocenters. The van der Waals surface area contributed by atoms with Gasteiger partial charge in [-0.1, -0.05) is 0 Å². The summed E-state index contributed by atoms with van der Waals surface area (Å²) >= 11 is 0. The van der Waals surface area contributed by atoms with Crippen molar-refractivity contribution in [1.29, 1.82) is 0 Å². The number of carbonyl (C=O) groups is 1. The highest BCUT2D eigenvalue weighted by Gasteiger charge is 2.23. The Labute approximate surface area is 141 Å². The highest BCUT2D eigenvalue weighted by atomic mass is 16.4. The van der Waals surface area contributed by atoms with Crippen LogP contribution in [0.5, 0.6) is 0 Å². The van der Waals surface area contributed by atoms with Gasteiger partial charge in [0, 0.05) is 32.0 Å². The van der Waals surface area contributed by atoms with E-state index in [-0.39, 0.29) is 5.56 Å². The molecular formula is C17H21N5O2. The predicted molar refractivity (Wildman–Crippen MR) is 91.1 cm³/mol. The number of anilines is 1. The summed E-state index contributed by atoms with van der Waals surface area (Å²) < 4.78 is 0. The summed E-state index contributed by atoms with van der Waals surface area (Å²) in [7, 11) is 4.12. The molecule has 126 valence electrons. The second-order valence-corrected chi connectivity index (χ2v) is 6.13. The van der Waals surface area contributed by atoms with Crippen molar-refractivity contribution in [3.05, 3.63) is 36.2 Å². The molecule has 1 aliphatic rings. The molecule has 24 heavy (non-hydrogen) atoms. The maximum absolute atomic E-state index is 11.1. The fourth-order valence-electron chi connectivity index (χ4n) is 2.99. The third-order valence-corrected chi connectivity index (χ3v) is 4.41. The number of hydrogen-bond acceptors (Lipinski definition) is 6. The fraction of sp³-hybridized carbons (Fsp3) is 0.412. The zero-order valence-corrected chi connectivity index (χ0v) is 13.9. The van der Waals surface area contributed by atoms with Crippen LogP contribution in [0.25, 0.3) is 11.4 Å². The van der Waals surface area contributed by atoms with Crippen molar-refractivity contribution in [3.63, 3.8) is 0 Å². The standard InChI is InChI=1S/C17H21N5O2/c1-21-9-3-4-13(21)11-22(2)17-19-8-6-14(20-17)15-10-12(16(23)24)5-7-18-15/h5-8,10,13H,3-4,9,11H2,1-2H3,(H,23,24). The highest BCUT2D eigenvalue weighted by Crippen LogP contribution is 2.20. The summed E-state index contributed by atoms with van der Waals surface area (Å²) in [6.45, 7) is 1.99. The number of carboxylic acid groups (broad SMARTS) is 1. The molecule has 2 aromatic rings. The molecule has 0 aromatic carbocycles. The predicted octanol–water partition coefficient (Wildman–Crippen LogP) is 1.77. The van der Waals surface area contributed by atoms with Crippen LogP contribution in [0.1, 0.15) is 23.2 Å². The number of likely N-dealkylation sites (tertiary alicyclic amines) is 1. The fourth-order valence-corrected chi connectivity index (χ4v) is 2.99. The van der Waals surface area contributed by atoms with Crippen LogP contribution in [0, 0.1) is 0 Å². The second-order valence-electron chi connectivity index (χ2n) is 6.13. The monoisotopic (exact) mass is 327 g/mol. The van der Waals surface area contributed by atoms with Gasteiger partial charge in [-0.15, -0.1) is 0 Å². The molecule has 1 unspecified atom stereocenters. The Morgan fingerprint density at radius 1 is 1.33 bits per heavy atom. The first-order valence-corrected chi connectivity index (χ1v) is 7.99. The van der Waals surface area contributed by atoms with Crippen LogP contribution in [0.15, 0.2) is 30.6 Å². The number of carboxylic acids is 1. The van der Waals surface area contributed by atoms with E-state index in [0.717, 1.165) is 13.1 Å². The van der Waals surface area contributed by atoms with Crippen LogP contribution in [0.4, 0.5) is 5.95 Å². The zero-order valence-electron chi connectivity index (χ0n) is 13.9. The van der Waals surface area contributed by atoms with E-state index in [1.165, 1.54) is 31.2 Å². The lowest BCUT2D eigenvalue weighted by Gasteiger charge is -2.25. The van der Waals surface area contributed by atoms with E-state index in [9.17, 15) is 4.79 Å². The van der Waals surface area contributed by atoms with E-state index < -0.39 is 5.97 Å².